The molecule has 22 heavy (non-hydrogen) atoms. The van der Waals surface area contributed by atoms with Crippen molar-refractivity contribution < 1.29 is 0 Å². The van der Waals surface area contributed by atoms with Crippen molar-refractivity contribution in [2.75, 3.05) is 0 Å². The monoisotopic (exact) mass is 452 g/mol. The Morgan fingerprint density at radius 3 is 1.55 bits per heavy atom. The van der Waals surface area contributed by atoms with Crippen molar-refractivity contribution in [3.05, 3.63) is 68.2 Å². The molecule has 4 aromatic heterocycles. The Morgan fingerprint density at radius 1 is 0.636 bits per heavy atom. The summed E-state index contributed by atoms with van der Waals surface area (Å²) >= 11 is 4.59. The molecule has 0 radical (unpaired) electrons. The third-order valence-corrected chi connectivity index (χ3v) is 10.1. The molecule has 0 saturated carbocycles. The number of rotatable bonds is 4. The third kappa shape index (κ3) is 3.23. The molecular formula is C18H12S2Se2. The predicted octanol–water partition coefficient (Wildman–Crippen LogP) is 5.43. The van der Waals surface area contributed by atoms with E-state index in [1.165, 1.54) is 27.5 Å². The average Bonchev–Trinajstić information content (AvgIpc) is 3.33. The average molecular weight is 450 g/mol. The van der Waals surface area contributed by atoms with Crippen LogP contribution in [0.4, 0.5) is 0 Å². The Morgan fingerprint density at radius 2 is 1.14 bits per heavy atom. The van der Waals surface area contributed by atoms with E-state index in [-0.39, 0.29) is 0 Å². The van der Waals surface area contributed by atoms with Gasteiger partial charge in [-0.1, -0.05) is 0 Å². The minimum atomic E-state index is 0.456. The SMILES string of the molecule is C(=C\c1ccc(-c2cccs2)[se]1)/c1ccc(-c2cccs2)[se]1. The van der Waals surface area contributed by atoms with Gasteiger partial charge < -0.3 is 0 Å². The van der Waals surface area contributed by atoms with Gasteiger partial charge >= 0.3 is 151 Å². The second kappa shape index (κ2) is 6.72. The van der Waals surface area contributed by atoms with Gasteiger partial charge in [-0.05, 0) is 0 Å². The summed E-state index contributed by atoms with van der Waals surface area (Å²) in [6, 6.07) is 17.8. The zero-order valence-corrected chi connectivity index (χ0v) is 16.6. The maximum absolute atomic E-state index is 2.32. The normalized spacial score (nSPS) is 11.5. The molecule has 0 aromatic carbocycles. The van der Waals surface area contributed by atoms with Gasteiger partial charge in [0.1, 0.15) is 0 Å². The first-order chi connectivity index (χ1) is 10.9. The van der Waals surface area contributed by atoms with E-state index in [1.54, 1.807) is 0 Å². The number of hydrogen-bond donors (Lipinski definition) is 0. The van der Waals surface area contributed by atoms with Crippen LogP contribution in [-0.2, 0) is 0 Å². The van der Waals surface area contributed by atoms with Gasteiger partial charge in [-0.25, -0.2) is 0 Å². The predicted molar refractivity (Wildman–Crippen MR) is 102 cm³/mol. The number of thiophene rings is 2. The molecule has 0 atom stereocenters. The van der Waals surface area contributed by atoms with Gasteiger partial charge in [0.2, 0.25) is 0 Å². The van der Waals surface area contributed by atoms with Crippen molar-refractivity contribution in [3.8, 4) is 18.6 Å². The third-order valence-electron chi connectivity index (χ3n) is 3.19. The molecule has 0 aliphatic carbocycles. The Labute approximate surface area is 149 Å². The van der Waals surface area contributed by atoms with Crippen LogP contribution in [0, 0.1) is 0 Å². The molecule has 0 saturated heterocycles. The van der Waals surface area contributed by atoms with Crippen molar-refractivity contribution in [1.82, 2.24) is 0 Å². The van der Waals surface area contributed by atoms with Crippen LogP contribution in [0.25, 0.3) is 30.8 Å². The fourth-order valence-corrected chi connectivity index (χ4v) is 7.97. The molecule has 0 amide bonds. The molecule has 4 heterocycles. The van der Waals surface area contributed by atoms with Gasteiger partial charge in [0.05, 0.1) is 0 Å². The van der Waals surface area contributed by atoms with Crippen LogP contribution in [0.2, 0.25) is 0 Å². The first kappa shape index (κ1) is 14.7. The van der Waals surface area contributed by atoms with Crippen molar-refractivity contribution >= 4 is 63.8 Å². The van der Waals surface area contributed by atoms with E-state index in [0.29, 0.717) is 29.0 Å². The van der Waals surface area contributed by atoms with E-state index < -0.39 is 0 Å². The molecule has 0 unspecified atom stereocenters. The van der Waals surface area contributed by atoms with Gasteiger partial charge in [0, 0.05) is 0 Å². The fraction of sp³-hybridized carbons (Fsp3) is 0. The van der Waals surface area contributed by atoms with Crippen molar-refractivity contribution in [2.45, 2.75) is 0 Å². The Balaban J connectivity index is 1.53. The van der Waals surface area contributed by atoms with Crippen molar-refractivity contribution in [3.63, 3.8) is 0 Å². The van der Waals surface area contributed by atoms with Crippen molar-refractivity contribution in [2.24, 2.45) is 0 Å². The molecule has 108 valence electrons. The summed E-state index contributed by atoms with van der Waals surface area (Å²) in [6.07, 6.45) is 4.63. The van der Waals surface area contributed by atoms with Crippen LogP contribution in [0.1, 0.15) is 8.87 Å². The Hall–Kier alpha value is -0.861. The van der Waals surface area contributed by atoms with E-state index in [1.807, 2.05) is 22.7 Å². The van der Waals surface area contributed by atoms with Crippen LogP contribution in [0.15, 0.2) is 59.3 Å². The fourth-order valence-electron chi connectivity index (χ4n) is 2.15. The standard InChI is InChI=1S/C18H12S2Se2/c1-3-15(19-11-1)17-9-7-13(21-17)5-6-14-8-10-18(22-14)16-4-2-12-20-16/h1-12H/b6-5+. The zero-order chi connectivity index (χ0) is 14.8. The van der Waals surface area contributed by atoms with Crippen LogP contribution in [-0.4, -0.2) is 29.0 Å². The van der Waals surface area contributed by atoms with Gasteiger partial charge in [-0.3, -0.25) is 0 Å². The van der Waals surface area contributed by atoms with Gasteiger partial charge in [-0.2, -0.15) is 0 Å². The quantitative estimate of drug-likeness (QED) is 0.364. The Bertz CT molecular complexity index is 803. The maximum atomic E-state index is 2.32. The molecule has 0 spiro atoms. The summed E-state index contributed by atoms with van der Waals surface area (Å²) in [4.78, 5) is 2.84. The van der Waals surface area contributed by atoms with Crippen LogP contribution in [0.3, 0.4) is 0 Å². The molecular weight excluding hydrogens is 438 g/mol. The van der Waals surface area contributed by atoms with Gasteiger partial charge in [-0.15, -0.1) is 0 Å². The summed E-state index contributed by atoms with van der Waals surface area (Å²) in [7, 11) is 0. The molecule has 4 heteroatoms. The summed E-state index contributed by atoms with van der Waals surface area (Å²) < 4.78 is 5.95. The Kier molecular flexibility index (Phi) is 4.49. The molecule has 0 bridgehead atoms. The van der Waals surface area contributed by atoms with Gasteiger partial charge in [0.15, 0.2) is 0 Å². The second-order valence-electron chi connectivity index (χ2n) is 4.69. The van der Waals surface area contributed by atoms with E-state index in [4.69, 9.17) is 0 Å². The second-order valence-corrected chi connectivity index (χ2v) is 11.3. The topological polar surface area (TPSA) is 0 Å². The minimum absolute atomic E-state index is 0.456. The van der Waals surface area contributed by atoms with Gasteiger partial charge in [0.25, 0.3) is 0 Å². The van der Waals surface area contributed by atoms with E-state index in [2.05, 4.69) is 71.4 Å². The molecule has 0 nitrogen and oxygen atoms in total. The molecule has 4 aromatic rings. The molecule has 0 aliphatic rings. The van der Waals surface area contributed by atoms with Crippen LogP contribution in [0.5, 0.6) is 0 Å². The van der Waals surface area contributed by atoms with E-state index in [0.717, 1.165) is 0 Å². The molecule has 0 fully saturated rings. The van der Waals surface area contributed by atoms with Crippen molar-refractivity contribution in [1.29, 1.82) is 0 Å². The molecule has 0 aliphatic heterocycles. The van der Waals surface area contributed by atoms with E-state index in [9.17, 15) is 0 Å². The first-order valence-corrected chi connectivity index (χ1v) is 12.0. The number of hydrogen-bond acceptors (Lipinski definition) is 2. The summed E-state index contributed by atoms with van der Waals surface area (Å²) in [6.45, 7) is 0. The molecule has 0 N–H and O–H groups in total. The van der Waals surface area contributed by atoms with Crippen LogP contribution >= 0.6 is 22.7 Å². The summed E-state index contributed by atoms with van der Waals surface area (Å²) in [5.41, 5.74) is 0. The van der Waals surface area contributed by atoms with Crippen LogP contribution < -0.4 is 0 Å². The van der Waals surface area contributed by atoms with E-state index >= 15 is 0 Å². The summed E-state index contributed by atoms with van der Waals surface area (Å²) in [5.74, 6) is 0. The summed E-state index contributed by atoms with van der Waals surface area (Å²) in [5, 5.41) is 4.31. The first-order valence-electron chi connectivity index (χ1n) is 6.84. The molecule has 4 rings (SSSR count). The zero-order valence-electron chi connectivity index (χ0n) is 11.6.